The lowest BCUT2D eigenvalue weighted by molar-refractivity contribution is 0.112. The molecule has 1 N–H and O–H groups in total. The van der Waals surface area contributed by atoms with Crippen molar-refractivity contribution in [2.45, 2.75) is 19.3 Å². The molecular weight excluding hydrogens is 194 g/mol. The zero-order chi connectivity index (χ0) is 9.97. The summed E-state index contributed by atoms with van der Waals surface area (Å²) >= 11 is 1.63. The largest absolute Gasteiger partial charge is 0.316 e. The summed E-state index contributed by atoms with van der Waals surface area (Å²) in [6, 6.07) is 4.02. The number of aldehydes is 1. The van der Waals surface area contributed by atoms with E-state index in [-0.39, 0.29) is 0 Å². The van der Waals surface area contributed by atoms with Gasteiger partial charge in [0.2, 0.25) is 0 Å². The molecule has 3 heteroatoms. The van der Waals surface area contributed by atoms with Crippen molar-refractivity contribution in [3.63, 3.8) is 0 Å². The summed E-state index contributed by atoms with van der Waals surface area (Å²) in [6.07, 6.45) is 2.18. The van der Waals surface area contributed by atoms with Crippen LogP contribution in [0.2, 0.25) is 0 Å². The zero-order valence-electron chi connectivity index (χ0n) is 8.32. The molecule has 1 aliphatic rings. The van der Waals surface area contributed by atoms with E-state index in [1.807, 2.05) is 6.07 Å². The number of nitrogens with one attached hydrogen (secondary N) is 1. The van der Waals surface area contributed by atoms with Crippen LogP contribution in [0.4, 0.5) is 0 Å². The Morgan fingerprint density at radius 2 is 2.36 bits per heavy atom. The van der Waals surface area contributed by atoms with Crippen LogP contribution in [0.25, 0.3) is 0 Å². The van der Waals surface area contributed by atoms with Crippen molar-refractivity contribution < 1.29 is 4.79 Å². The molecule has 1 aromatic rings. The lowest BCUT2D eigenvalue weighted by Gasteiger charge is -2.26. The molecule has 2 heterocycles. The van der Waals surface area contributed by atoms with E-state index in [9.17, 15) is 4.79 Å². The fourth-order valence-corrected chi connectivity index (χ4v) is 2.96. The highest BCUT2D eigenvalue weighted by atomic mass is 32.1. The van der Waals surface area contributed by atoms with E-state index in [4.69, 9.17) is 0 Å². The highest BCUT2D eigenvalue weighted by Gasteiger charge is 2.21. The Morgan fingerprint density at radius 3 is 3.00 bits per heavy atom. The molecule has 0 amide bonds. The summed E-state index contributed by atoms with van der Waals surface area (Å²) in [5.74, 6) is 1.35. The Balaban J connectivity index is 2.09. The van der Waals surface area contributed by atoms with E-state index in [1.54, 1.807) is 11.3 Å². The first-order valence-electron chi connectivity index (χ1n) is 5.05. The van der Waals surface area contributed by atoms with Crippen LogP contribution in [-0.4, -0.2) is 19.4 Å². The summed E-state index contributed by atoms with van der Waals surface area (Å²) in [7, 11) is 0. The SMILES string of the molecule is CC1CNCC(c2ccc(C=O)s2)C1. The molecule has 1 fully saturated rings. The van der Waals surface area contributed by atoms with Crippen molar-refractivity contribution in [2.24, 2.45) is 5.92 Å². The Bertz CT molecular complexity index is 321. The average molecular weight is 209 g/mol. The maximum Gasteiger partial charge on any atom is 0.160 e. The molecule has 1 saturated heterocycles. The minimum atomic E-state index is 0.609. The molecule has 14 heavy (non-hydrogen) atoms. The molecule has 2 atom stereocenters. The number of thiophene rings is 1. The lowest BCUT2D eigenvalue weighted by atomic mass is 9.91. The maximum absolute atomic E-state index is 10.6. The second kappa shape index (κ2) is 4.24. The number of rotatable bonds is 2. The van der Waals surface area contributed by atoms with Gasteiger partial charge in [-0.05, 0) is 31.0 Å². The third-order valence-electron chi connectivity index (χ3n) is 2.74. The molecule has 2 nitrogen and oxygen atoms in total. The van der Waals surface area contributed by atoms with E-state index >= 15 is 0 Å². The standard InChI is InChI=1S/C11H15NOS/c1-8-4-9(6-12-5-8)11-3-2-10(7-13)14-11/h2-3,7-9,12H,4-6H2,1H3. The van der Waals surface area contributed by atoms with Crippen LogP contribution in [0.15, 0.2) is 12.1 Å². The summed E-state index contributed by atoms with van der Waals surface area (Å²) < 4.78 is 0. The van der Waals surface area contributed by atoms with Gasteiger partial charge in [0, 0.05) is 17.3 Å². The van der Waals surface area contributed by atoms with Crippen molar-refractivity contribution in [3.05, 3.63) is 21.9 Å². The molecule has 2 rings (SSSR count). The Hall–Kier alpha value is -0.670. The minimum Gasteiger partial charge on any atom is -0.316 e. The van der Waals surface area contributed by atoms with E-state index in [0.717, 1.165) is 30.2 Å². The van der Waals surface area contributed by atoms with Crippen LogP contribution in [-0.2, 0) is 0 Å². The van der Waals surface area contributed by atoms with Crippen molar-refractivity contribution in [2.75, 3.05) is 13.1 Å². The van der Waals surface area contributed by atoms with Crippen molar-refractivity contribution in [3.8, 4) is 0 Å². The van der Waals surface area contributed by atoms with Gasteiger partial charge in [0.25, 0.3) is 0 Å². The van der Waals surface area contributed by atoms with Gasteiger partial charge in [-0.2, -0.15) is 0 Å². The highest BCUT2D eigenvalue weighted by Crippen LogP contribution is 2.30. The van der Waals surface area contributed by atoms with Crippen LogP contribution < -0.4 is 5.32 Å². The number of carbonyl (C=O) groups is 1. The van der Waals surface area contributed by atoms with E-state index < -0.39 is 0 Å². The molecule has 0 aliphatic carbocycles. The molecule has 0 spiro atoms. The minimum absolute atomic E-state index is 0.609. The molecule has 76 valence electrons. The Kier molecular flexibility index (Phi) is 2.99. The molecule has 1 aromatic heterocycles. The lowest BCUT2D eigenvalue weighted by Crippen LogP contribution is -2.33. The summed E-state index contributed by atoms with van der Waals surface area (Å²) in [4.78, 5) is 12.8. The second-order valence-corrected chi connectivity index (χ2v) is 5.20. The average Bonchev–Trinajstić information content (AvgIpc) is 2.66. The molecule has 0 bridgehead atoms. The summed E-state index contributed by atoms with van der Waals surface area (Å²) in [6.45, 7) is 4.46. The van der Waals surface area contributed by atoms with Gasteiger partial charge >= 0.3 is 0 Å². The predicted octanol–water partition coefficient (Wildman–Crippen LogP) is 2.27. The van der Waals surface area contributed by atoms with Crippen LogP contribution in [0.3, 0.4) is 0 Å². The third-order valence-corrected chi connectivity index (χ3v) is 3.91. The van der Waals surface area contributed by atoms with Crippen molar-refractivity contribution in [1.82, 2.24) is 5.32 Å². The molecular formula is C11H15NOS. The number of hydrogen-bond acceptors (Lipinski definition) is 3. The molecule has 0 saturated carbocycles. The number of carbonyl (C=O) groups excluding carboxylic acids is 1. The zero-order valence-corrected chi connectivity index (χ0v) is 9.14. The molecule has 0 radical (unpaired) electrons. The van der Waals surface area contributed by atoms with E-state index in [1.165, 1.54) is 11.3 Å². The van der Waals surface area contributed by atoms with Gasteiger partial charge < -0.3 is 5.32 Å². The maximum atomic E-state index is 10.6. The molecule has 2 unspecified atom stereocenters. The Labute approximate surface area is 88.3 Å². The first kappa shape index (κ1) is 9.87. The fourth-order valence-electron chi connectivity index (χ4n) is 2.02. The highest BCUT2D eigenvalue weighted by molar-refractivity contribution is 7.13. The Morgan fingerprint density at radius 1 is 1.50 bits per heavy atom. The van der Waals surface area contributed by atoms with Crippen LogP contribution >= 0.6 is 11.3 Å². The smallest absolute Gasteiger partial charge is 0.160 e. The predicted molar refractivity (Wildman–Crippen MR) is 59.1 cm³/mol. The van der Waals surface area contributed by atoms with Gasteiger partial charge in [0.1, 0.15) is 0 Å². The van der Waals surface area contributed by atoms with Gasteiger partial charge in [-0.3, -0.25) is 4.79 Å². The van der Waals surface area contributed by atoms with Crippen molar-refractivity contribution in [1.29, 1.82) is 0 Å². The normalized spacial score (nSPS) is 27.5. The van der Waals surface area contributed by atoms with Gasteiger partial charge in [-0.1, -0.05) is 6.92 Å². The van der Waals surface area contributed by atoms with Crippen molar-refractivity contribution >= 4 is 17.6 Å². The quantitative estimate of drug-likeness (QED) is 0.757. The topological polar surface area (TPSA) is 29.1 Å². The third kappa shape index (κ3) is 2.04. The second-order valence-electron chi connectivity index (χ2n) is 4.05. The van der Waals surface area contributed by atoms with Crippen LogP contribution in [0.5, 0.6) is 0 Å². The first-order valence-corrected chi connectivity index (χ1v) is 5.87. The van der Waals surface area contributed by atoms with Gasteiger partial charge in [0.05, 0.1) is 4.88 Å². The molecule has 0 aromatic carbocycles. The van der Waals surface area contributed by atoms with E-state index in [2.05, 4.69) is 18.3 Å². The monoisotopic (exact) mass is 209 g/mol. The fraction of sp³-hybridized carbons (Fsp3) is 0.545. The van der Waals surface area contributed by atoms with Gasteiger partial charge in [-0.15, -0.1) is 11.3 Å². The van der Waals surface area contributed by atoms with Crippen LogP contribution in [0, 0.1) is 5.92 Å². The number of piperidine rings is 1. The molecule has 1 aliphatic heterocycles. The van der Waals surface area contributed by atoms with Gasteiger partial charge in [0.15, 0.2) is 6.29 Å². The summed E-state index contributed by atoms with van der Waals surface area (Å²) in [5.41, 5.74) is 0. The van der Waals surface area contributed by atoms with Gasteiger partial charge in [-0.25, -0.2) is 0 Å². The van der Waals surface area contributed by atoms with Crippen LogP contribution in [0.1, 0.15) is 33.8 Å². The summed E-state index contributed by atoms with van der Waals surface area (Å²) in [5, 5.41) is 3.43. The number of hydrogen-bond donors (Lipinski definition) is 1. The first-order chi connectivity index (χ1) is 6.79. The van der Waals surface area contributed by atoms with E-state index in [0.29, 0.717) is 5.92 Å².